The van der Waals surface area contributed by atoms with Crippen LogP contribution in [-0.4, -0.2) is 26.6 Å². The Morgan fingerprint density at radius 2 is 2.24 bits per heavy atom. The SMILES string of the molecule is CNc1ncn(Cc2cccnc2C)c(=S)n1. The molecule has 6 heteroatoms. The van der Waals surface area contributed by atoms with E-state index in [1.54, 1.807) is 19.6 Å². The second-order valence-corrected chi connectivity index (χ2v) is 3.95. The predicted octanol–water partition coefficient (Wildman–Crippen LogP) is 1.80. The van der Waals surface area contributed by atoms with Crippen molar-refractivity contribution in [3.8, 4) is 0 Å². The van der Waals surface area contributed by atoms with Crippen molar-refractivity contribution < 1.29 is 0 Å². The molecule has 0 fully saturated rings. The highest BCUT2D eigenvalue weighted by Gasteiger charge is 2.01. The topological polar surface area (TPSA) is 55.6 Å². The van der Waals surface area contributed by atoms with Gasteiger partial charge in [0.05, 0.1) is 6.54 Å². The van der Waals surface area contributed by atoms with Gasteiger partial charge in [0.2, 0.25) is 10.7 Å². The van der Waals surface area contributed by atoms with E-state index >= 15 is 0 Å². The summed E-state index contributed by atoms with van der Waals surface area (Å²) in [4.78, 5) is 12.5. The van der Waals surface area contributed by atoms with Gasteiger partial charge in [-0.05, 0) is 30.8 Å². The van der Waals surface area contributed by atoms with Crippen molar-refractivity contribution in [1.82, 2.24) is 19.5 Å². The average Bonchev–Trinajstić information content (AvgIpc) is 2.34. The van der Waals surface area contributed by atoms with Gasteiger partial charge in [-0.3, -0.25) is 4.98 Å². The Morgan fingerprint density at radius 3 is 2.88 bits per heavy atom. The van der Waals surface area contributed by atoms with Crippen LogP contribution in [0.4, 0.5) is 5.95 Å². The van der Waals surface area contributed by atoms with Gasteiger partial charge in [-0.1, -0.05) is 6.07 Å². The summed E-state index contributed by atoms with van der Waals surface area (Å²) in [7, 11) is 1.76. The molecule has 17 heavy (non-hydrogen) atoms. The zero-order valence-electron chi connectivity index (χ0n) is 9.71. The van der Waals surface area contributed by atoms with Crippen LogP contribution in [0, 0.1) is 11.7 Å². The van der Waals surface area contributed by atoms with E-state index in [2.05, 4.69) is 20.3 Å². The van der Waals surface area contributed by atoms with E-state index in [1.165, 1.54) is 0 Å². The van der Waals surface area contributed by atoms with Crippen molar-refractivity contribution >= 4 is 18.2 Å². The third kappa shape index (κ3) is 2.65. The number of aryl methyl sites for hydroxylation is 1. The fourth-order valence-corrected chi connectivity index (χ4v) is 1.65. The van der Waals surface area contributed by atoms with Crippen LogP contribution in [0.25, 0.3) is 0 Å². The maximum absolute atomic E-state index is 5.20. The van der Waals surface area contributed by atoms with E-state index < -0.39 is 0 Å². The molecule has 0 radical (unpaired) electrons. The van der Waals surface area contributed by atoms with E-state index in [4.69, 9.17) is 12.2 Å². The van der Waals surface area contributed by atoms with Crippen LogP contribution in [0.5, 0.6) is 0 Å². The molecule has 0 amide bonds. The monoisotopic (exact) mass is 247 g/mol. The molecule has 0 aliphatic carbocycles. The number of nitrogens with one attached hydrogen (secondary N) is 1. The highest BCUT2D eigenvalue weighted by atomic mass is 32.1. The van der Waals surface area contributed by atoms with Crippen LogP contribution < -0.4 is 5.32 Å². The van der Waals surface area contributed by atoms with Crippen molar-refractivity contribution in [3.05, 3.63) is 40.7 Å². The Kier molecular flexibility index (Phi) is 3.43. The first kappa shape index (κ1) is 11.7. The number of nitrogens with zero attached hydrogens (tertiary/aromatic N) is 4. The number of aromatic nitrogens is 4. The lowest BCUT2D eigenvalue weighted by atomic mass is 10.2. The zero-order valence-corrected chi connectivity index (χ0v) is 10.5. The molecular formula is C11H13N5S. The predicted molar refractivity (Wildman–Crippen MR) is 68.5 cm³/mol. The maximum atomic E-state index is 5.20. The van der Waals surface area contributed by atoms with Gasteiger partial charge in [-0.15, -0.1) is 0 Å². The van der Waals surface area contributed by atoms with E-state index in [-0.39, 0.29) is 0 Å². The van der Waals surface area contributed by atoms with Gasteiger partial charge in [-0.2, -0.15) is 4.98 Å². The summed E-state index contributed by atoms with van der Waals surface area (Å²) in [6.07, 6.45) is 3.46. The highest BCUT2D eigenvalue weighted by Crippen LogP contribution is 2.07. The Balaban J connectivity index is 2.31. The molecule has 2 aromatic rings. The zero-order chi connectivity index (χ0) is 12.3. The second-order valence-electron chi connectivity index (χ2n) is 3.59. The fourth-order valence-electron chi connectivity index (χ4n) is 1.45. The standard InChI is InChI=1S/C11H13N5S/c1-8-9(4-3-5-13-8)6-16-7-14-10(12-2)15-11(16)17/h3-5,7H,6H2,1-2H3,(H,12,15,17). The van der Waals surface area contributed by atoms with Crippen molar-refractivity contribution in [3.63, 3.8) is 0 Å². The Morgan fingerprint density at radius 1 is 1.41 bits per heavy atom. The summed E-state index contributed by atoms with van der Waals surface area (Å²) in [6.45, 7) is 2.62. The van der Waals surface area contributed by atoms with Gasteiger partial charge >= 0.3 is 0 Å². The van der Waals surface area contributed by atoms with Gasteiger partial charge in [0.25, 0.3) is 0 Å². The minimum absolute atomic E-state index is 0.507. The number of hydrogen-bond donors (Lipinski definition) is 1. The smallest absolute Gasteiger partial charge is 0.226 e. The largest absolute Gasteiger partial charge is 0.357 e. The van der Waals surface area contributed by atoms with E-state index in [0.29, 0.717) is 17.3 Å². The Bertz CT molecular complexity index is 578. The summed E-state index contributed by atoms with van der Waals surface area (Å²) in [5.74, 6) is 0.536. The van der Waals surface area contributed by atoms with Crippen molar-refractivity contribution in [2.75, 3.05) is 12.4 Å². The minimum Gasteiger partial charge on any atom is -0.357 e. The number of rotatable bonds is 3. The van der Waals surface area contributed by atoms with E-state index in [1.807, 2.05) is 23.6 Å². The van der Waals surface area contributed by atoms with Gasteiger partial charge in [0.15, 0.2) is 0 Å². The van der Waals surface area contributed by atoms with Crippen LogP contribution in [0.1, 0.15) is 11.3 Å². The van der Waals surface area contributed by atoms with Crippen LogP contribution in [0.2, 0.25) is 0 Å². The lowest BCUT2D eigenvalue weighted by Gasteiger charge is -2.08. The van der Waals surface area contributed by atoms with Gasteiger partial charge in [0.1, 0.15) is 6.33 Å². The molecule has 2 heterocycles. The summed E-state index contributed by atoms with van der Waals surface area (Å²) in [5, 5.41) is 2.86. The molecule has 0 saturated heterocycles. The molecule has 0 atom stereocenters. The number of anilines is 1. The lowest BCUT2D eigenvalue weighted by Crippen LogP contribution is -2.08. The molecule has 0 aliphatic heterocycles. The Labute approximate surface area is 105 Å². The van der Waals surface area contributed by atoms with Crippen molar-refractivity contribution in [1.29, 1.82) is 0 Å². The highest BCUT2D eigenvalue weighted by molar-refractivity contribution is 7.71. The molecule has 0 bridgehead atoms. The molecule has 1 N–H and O–H groups in total. The maximum Gasteiger partial charge on any atom is 0.226 e. The van der Waals surface area contributed by atoms with Gasteiger partial charge in [0, 0.05) is 18.9 Å². The lowest BCUT2D eigenvalue weighted by molar-refractivity contribution is 0.718. The first-order chi connectivity index (χ1) is 8.20. The third-order valence-electron chi connectivity index (χ3n) is 2.45. The molecule has 2 rings (SSSR count). The second kappa shape index (κ2) is 5.01. The van der Waals surface area contributed by atoms with Crippen LogP contribution in [-0.2, 0) is 6.54 Å². The third-order valence-corrected chi connectivity index (χ3v) is 2.77. The average molecular weight is 247 g/mol. The van der Waals surface area contributed by atoms with E-state index in [9.17, 15) is 0 Å². The molecular weight excluding hydrogens is 234 g/mol. The quantitative estimate of drug-likeness (QED) is 0.838. The Hall–Kier alpha value is -1.82. The molecule has 5 nitrogen and oxygen atoms in total. The normalized spacial score (nSPS) is 10.2. The van der Waals surface area contributed by atoms with E-state index in [0.717, 1.165) is 11.3 Å². The molecule has 0 spiro atoms. The minimum atomic E-state index is 0.507. The first-order valence-electron chi connectivity index (χ1n) is 5.22. The molecule has 0 saturated carbocycles. The summed E-state index contributed by atoms with van der Waals surface area (Å²) < 4.78 is 2.33. The summed E-state index contributed by atoms with van der Waals surface area (Å²) >= 11 is 5.20. The van der Waals surface area contributed by atoms with Crippen molar-refractivity contribution in [2.45, 2.75) is 13.5 Å². The number of hydrogen-bond acceptors (Lipinski definition) is 5. The van der Waals surface area contributed by atoms with Crippen LogP contribution in [0.15, 0.2) is 24.7 Å². The summed E-state index contributed by atoms with van der Waals surface area (Å²) in [5.41, 5.74) is 2.11. The molecule has 0 aliphatic rings. The van der Waals surface area contributed by atoms with Gasteiger partial charge in [-0.25, -0.2) is 4.98 Å². The summed E-state index contributed by atoms with van der Waals surface area (Å²) in [6, 6.07) is 3.94. The number of pyridine rings is 1. The van der Waals surface area contributed by atoms with Gasteiger partial charge < -0.3 is 9.88 Å². The molecule has 0 unspecified atom stereocenters. The van der Waals surface area contributed by atoms with Crippen LogP contribution >= 0.6 is 12.2 Å². The molecule has 88 valence electrons. The molecule has 0 aromatic carbocycles. The fraction of sp³-hybridized carbons (Fsp3) is 0.273. The first-order valence-corrected chi connectivity index (χ1v) is 5.63. The van der Waals surface area contributed by atoms with Crippen LogP contribution in [0.3, 0.4) is 0 Å². The van der Waals surface area contributed by atoms with Crippen molar-refractivity contribution in [2.24, 2.45) is 0 Å². The molecule has 2 aromatic heterocycles.